The Morgan fingerprint density at radius 1 is 0.468 bits per heavy atom. The molecule has 288 valence electrons. The van der Waals surface area contributed by atoms with E-state index in [2.05, 4.69) is 94.7 Å². The Hall–Kier alpha value is -8.84. The van der Waals surface area contributed by atoms with Gasteiger partial charge in [-0.25, -0.2) is 0 Å². The number of para-hydroxylation sites is 5. The van der Waals surface area contributed by atoms with Gasteiger partial charge < -0.3 is 18.0 Å². The maximum atomic E-state index is 12.0. The van der Waals surface area contributed by atoms with Gasteiger partial charge in [0.15, 0.2) is 0 Å². The van der Waals surface area contributed by atoms with E-state index in [0.29, 0.717) is 33.6 Å². The summed E-state index contributed by atoms with van der Waals surface area (Å²) in [6, 6.07) is 58.4. The third kappa shape index (κ3) is 5.02. The Kier molecular flexibility index (Phi) is 7.71. The summed E-state index contributed by atoms with van der Waals surface area (Å²) in [5, 5.41) is 30.7. The van der Waals surface area contributed by atoms with Gasteiger partial charge in [-0.2, -0.15) is 10.5 Å². The third-order valence-electron chi connectivity index (χ3n) is 12.2. The summed E-state index contributed by atoms with van der Waals surface area (Å²) >= 11 is 0. The minimum atomic E-state index is 0.417. The Labute approximate surface area is 354 Å². The molecule has 0 aliphatic carbocycles. The van der Waals surface area contributed by atoms with Crippen molar-refractivity contribution in [3.8, 4) is 45.8 Å². The summed E-state index contributed by atoms with van der Waals surface area (Å²) in [4.78, 5) is 0. The minimum absolute atomic E-state index is 0.417. The van der Waals surface area contributed by atoms with Gasteiger partial charge in [0.1, 0.15) is 34.5 Å². The molecule has 0 aliphatic heterocycles. The van der Waals surface area contributed by atoms with Gasteiger partial charge in [-0.05, 0) is 65.7 Å². The number of rotatable bonds is 6. The highest BCUT2D eigenvalue weighted by atomic mass is 16.3. The fourth-order valence-electron chi connectivity index (χ4n) is 9.59. The number of nitriles is 2. The van der Waals surface area contributed by atoms with E-state index in [1.807, 2.05) is 109 Å². The Bertz CT molecular complexity index is 3930. The molecule has 6 heteroatoms. The summed E-state index contributed by atoms with van der Waals surface area (Å²) in [7, 11) is 0. The number of fused-ring (bicyclic) bond motifs is 10. The van der Waals surface area contributed by atoms with Crippen LogP contribution in [0.15, 0.2) is 191 Å². The number of furan rings is 2. The topological polar surface area (TPSA) is 83.7 Å². The first-order valence-electron chi connectivity index (χ1n) is 20.4. The highest BCUT2D eigenvalue weighted by Gasteiger charge is 2.31. The zero-order valence-electron chi connectivity index (χ0n) is 33.1. The van der Waals surface area contributed by atoms with Crippen LogP contribution in [0.1, 0.15) is 16.7 Å². The minimum Gasteiger partial charge on any atom is -0.456 e. The van der Waals surface area contributed by atoms with Crippen molar-refractivity contribution in [3.63, 3.8) is 0 Å². The van der Waals surface area contributed by atoms with E-state index in [-0.39, 0.29) is 0 Å². The molecule has 4 heterocycles. The molecule has 0 N–H and O–H groups in total. The van der Waals surface area contributed by atoms with Crippen LogP contribution in [0.4, 0.5) is 0 Å². The zero-order chi connectivity index (χ0) is 41.5. The van der Waals surface area contributed by atoms with E-state index in [9.17, 15) is 10.5 Å². The summed E-state index contributed by atoms with van der Waals surface area (Å²) in [6.07, 6.45) is 7.76. The van der Waals surface area contributed by atoms with Crippen molar-refractivity contribution in [1.29, 1.82) is 10.5 Å². The molecule has 12 aromatic rings. The lowest BCUT2D eigenvalue weighted by Crippen LogP contribution is -2.10. The van der Waals surface area contributed by atoms with E-state index in [0.717, 1.165) is 93.3 Å². The molecule has 0 fully saturated rings. The van der Waals surface area contributed by atoms with Gasteiger partial charge in [0.2, 0.25) is 0 Å². The molecule has 0 saturated carbocycles. The van der Waals surface area contributed by atoms with E-state index in [1.54, 1.807) is 6.08 Å². The fraction of sp³-hybridized carbons (Fsp3) is 0. The number of benzene rings is 8. The second kappa shape index (κ2) is 13.6. The molecule has 0 amide bonds. The molecule has 4 aromatic heterocycles. The van der Waals surface area contributed by atoms with Gasteiger partial charge in [-0.3, -0.25) is 0 Å². The van der Waals surface area contributed by atoms with Crippen LogP contribution in [-0.4, -0.2) is 9.13 Å². The Balaban J connectivity index is 1.33. The average Bonchev–Trinajstić information content (AvgIpc) is 4.08. The molecular weight excluding hydrogens is 761 g/mol. The van der Waals surface area contributed by atoms with Crippen molar-refractivity contribution in [2.24, 2.45) is 0 Å². The number of hydrogen-bond donors (Lipinski definition) is 0. The van der Waals surface area contributed by atoms with Crippen molar-refractivity contribution in [2.75, 3.05) is 0 Å². The molecule has 12 rings (SSSR count). The van der Waals surface area contributed by atoms with E-state index >= 15 is 0 Å². The molecule has 0 atom stereocenters. The molecule has 0 unspecified atom stereocenters. The average molecular weight is 793 g/mol. The molecule has 62 heavy (non-hydrogen) atoms. The first-order chi connectivity index (χ1) is 30.6. The lowest BCUT2D eigenvalue weighted by molar-refractivity contribution is 0.668. The SMILES string of the molecule is C=C/C=C\c1cn(-c2c(C#N)c(-c3ccc4oc5ccccc5c4c3)c(-n3c4ccccc4c4ccccc43)c(C#N)c2-c2ccc3oc4ccccc4c3c2)c2ccccc12. The molecule has 0 bridgehead atoms. The van der Waals surface area contributed by atoms with Gasteiger partial charge in [0.05, 0.1) is 39.1 Å². The first-order valence-corrected chi connectivity index (χ1v) is 20.4. The monoisotopic (exact) mass is 792 g/mol. The van der Waals surface area contributed by atoms with E-state index in [4.69, 9.17) is 8.83 Å². The van der Waals surface area contributed by atoms with E-state index < -0.39 is 0 Å². The van der Waals surface area contributed by atoms with Gasteiger partial charge in [0.25, 0.3) is 0 Å². The van der Waals surface area contributed by atoms with Crippen molar-refractivity contribution >= 4 is 82.7 Å². The van der Waals surface area contributed by atoms with Crippen LogP contribution in [0.25, 0.3) is 116 Å². The van der Waals surface area contributed by atoms with Crippen LogP contribution in [0.5, 0.6) is 0 Å². The van der Waals surface area contributed by atoms with Crippen molar-refractivity contribution in [2.45, 2.75) is 0 Å². The molecule has 6 nitrogen and oxygen atoms in total. The van der Waals surface area contributed by atoms with Crippen LogP contribution < -0.4 is 0 Å². The number of nitrogens with zero attached hydrogens (tertiary/aromatic N) is 4. The Morgan fingerprint density at radius 2 is 0.919 bits per heavy atom. The van der Waals surface area contributed by atoms with Crippen LogP contribution in [-0.2, 0) is 0 Å². The molecule has 8 aromatic carbocycles. The zero-order valence-corrected chi connectivity index (χ0v) is 33.1. The molecule has 0 spiro atoms. The lowest BCUT2D eigenvalue weighted by atomic mass is 9.86. The number of aromatic nitrogens is 2. The van der Waals surface area contributed by atoms with Crippen molar-refractivity contribution in [1.82, 2.24) is 9.13 Å². The molecule has 0 radical (unpaired) electrons. The standard InChI is InChI=1S/C56H32N4O2/c1-2-3-14-36-33-59(46-20-9-4-15-37(36)46)55-44(31-57)54(35-26-28-52-43(30-35)41-19-8-13-24-50(41)62-52)56(60-47-21-10-5-16-38(47)39-17-6-11-22-48(39)60)45(32-58)53(55)34-25-27-51-42(29-34)40-18-7-12-23-49(40)61-51/h2-30,33H,1H2/b14-3-. The summed E-state index contributed by atoms with van der Waals surface area (Å²) < 4.78 is 16.9. The Morgan fingerprint density at radius 3 is 1.47 bits per heavy atom. The number of allylic oxidation sites excluding steroid dienone is 2. The first kappa shape index (κ1) is 35.1. The maximum absolute atomic E-state index is 12.0. The van der Waals surface area contributed by atoms with Crippen LogP contribution in [0, 0.1) is 22.7 Å². The quantitative estimate of drug-likeness (QED) is 0.157. The smallest absolute Gasteiger partial charge is 0.135 e. The summed E-state index contributed by atoms with van der Waals surface area (Å²) in [6.45, 7) is 3.94. The third-order valence-corrected chi connectivity index (χ3v) is 12.2. The largest absolute Gasteiger partial charge is 0.456 e. The predicted octanol–water partition coefficient (Wildman–Crippen LogP) is 14.8. The fourth-order valence-corrected chi connectivity index (χ4v) is 9.59. The van der Waals surface area contributed by atoms with Crippen LogP contribution >= 0.6 is 0 Å². The summed E-state index contributed by atoms with van der Waals surface area (Å²) in [5.74, 6) is 0. The normalized spacial score (nSPS) is 11.8. The van der Waals surface area contributed by atoms with Crippen LogP contribution in [0.3, 0.4) is 0 Å². The summed E-state index contributed by atoms with van der Waals surface area (Å²) in [5.41, 5.74) is 11.6. The molecular formula is C56H32N4O2. The maximum Gasteiger partial charge on any atom is 0.135 e. The number of hydrogen-bond acceptors (Lipinski definition) is 4. The van der Waals surface area contributed by atoms with Gasteiger partial charge in [-0.15, -0.1) is 0 Å². The van der Waals surface area contributed by atoms with Gasteiger partial charge in [-0.1, -0.05) is 128 Å². The second-order valence-electron chi connectivity index (χ2n) is 15.5. The predicted molar refractivity (Wildman–Crippen MR) is 252 cm³/mol. The van der Waals surface area contributed by atoms with Crippen molar-refractivity contribution in [3.05, 3.63) is 199 Å². The highest BCUT2D eigenvalue weighted by molar-refractivity contribution is 6.13. The van der Waals surface area contributed by atoms with Crippen LogP contribution in [0.2, 0.25) is 0 Å². The van der Waals surface area contributed by atoms with Gasteiger partial charge in [0, 0.05) is 60.6 Å². The van der Waals surface area contributed by atoms with Gasteiger partial charge >= 0.3 is 0 Å². The lowest BCUT2D eigenvalue weighted by Gasteiger charge is -2.25. The molecule has 0 aliphatic rings. The van der Waals surface area contributed by atoms with Crippen molar-refractivity contribution < 1.29 is 8.83 Å². The molecule has 0 saturated heterocycles. The highest BCUT2D eigenvalue weighted by Crippen LogP contribution is 2.49. The van der Waals surface area contributed by atoms with E-state index in [1.165, 1.54) is 0 Å². The second-order valence-corrected chi connectivity index (χ2v) is 15.5.